The van der Waals surface area contributed by atoms with Crippen molar-refractivity contribution < 1.29 is 54.0 Å². The second kappa shape index (κ2) is 23.3. The molecule has 0 saturated carbocycles. The minimum absolute atomic E-state index is 0. The number of carboxylic acids is 1. The summed E-state index contributed by atoms with van der Waals surface area (Å²) in [4.78, 5) is 55.4. The number of carbonyl (C=O) groups is 3. The molecule has 0 fully saturated rings. The van der Waals surface area contributed by atoms with Gasteiger partial charge in [0.2, 0.25) is 0 Å². The number of aromatic nitrogens is 8. The Morgan fingerprint density at radius 2 is 1.29 bits per heavy atom. The van der Waals surface area contributed by atoms with Gasteiger partial charge in [-0.3, -0.25) is 9.78 Å². The van der Waals surface area contributed by atoms with Crippen molar-refractivity contribution in [2.45, 2.75) is 41.2 Å². The predicted molar refractivity (Wildman–Crippen MR) is 232 cm³/mol. The van der Waals surface area contributed by atoms with E-state index in [-0.39, 0.29) is 48.8 Å². The van der Waals surface area contributed by atoms with Gasteiger partial charge in [-0.2, -0.15) is 0 Å². The third-order valence-electron chi connectivity index (χ3n) is 8.56. The van der Waals surface area contributed by atoms with Crippen LogP contribution in [0.1, 0.15) is 73.9 Å². The molecule has 0 aromatic carbocycles. The predicted octanol–water partition coefficient (Wildman–Crippen LogP) is 3.99. The number of nitrogens with two attached hydrogens (primary N) is 1. The molecule has 0 aliphatic carbocycles. The van der Waals surface area contributed by atoms with Crippen LogP contribution in [-0.4, -0.2) is 78.6 Å². The summed E-state index contributed by atoms with van der Waals surface area (Å²) in [6.07, 6.45) is 12.0. The molecule has 62 heavy (non-hydrogen) atoms. The number of fused-ring (bicyclic) bond motifs is 3. The normalized spacial score (nSPS) is 10.1. The summed E-state index contributed by atoms with van der Waals surface area (Å²) in [5.41, 5.74) is 13.5. The summed E-state index contributed by atoms with van der Waals surface area (Å²) in [6, 6.07) is 15.7. The summed E-state index contributed by atoms with van der Waals surface area (Å²) in [5, 5.41) is 13.4. The number of hydrogen-bond donors (Lipinski definition) is 3. The van der Waals surface area contributed by atoms with Gasteiger partial charge in [-0.25, -0.2) is 29.5 Å². The van der Waals surface area contributed by atoms with Crippen LogP contribution in [0.2, 0.25) is 15.1 Å². The Labute approximate surface area is 382 Å². The van der Waals surface area contributed by atoms with Gasteiger partial charge in [-0.15, -0.1) is 0 Å². The molecule has 0 atom stereocenters. The van der Waals surface area contributed by atoms with Crippen LogP contribution >= 0.6 is 34.8 Å². The standard InChI is InChI=1S/C22H21ClN6O.C10H9ClN2O2.C8H5ClN2O2.CH4.Li.2H2O/c1-13-5-21(24)28-14(2)20(13)10-26-22(30)15-3-4-25-17(6-15)8-18-9-19-7-16(23)11-29(19)12-27-18;1-2-15-10(14)9-4-8-3-7(11)5-13(8)6-12-9;9-5-1-6-2-7(8(12)13)10-4-11(6)3-5;;;;/h3-7,9,11-12H,8,10H2,1-2H3,(H2,24,28)(H,26,30);3-6H,2H2,1H3;1-4H,(H,12,13);1H4;;2*1H2/q;;;;+1;;/p-1. The first kappa shape index (κ1) is 52.1. The Morgan fingerprint density at radius 3 is 1.84 bits per heavy atom. The van der Waals surface area contributed by atoms with Gasteiger partial charge in [0.15, 0.2) is 11.4 Å². The Bertz CT molecular complexity index is 2790. The smallest absolute Gasteiger partial charge is 0.870 e. The van der Waals surface area contributed by atoms with Crippen molar-refractivity contribution in [3.63, 3.8) is 0 Å². The fraction of sp³-hybridized carbons (Fsp3) is 0.171. The van der Waals surface area contributed by atoms with E-state index in [0.717, 1.165) is 44.8 Å². The zero-order chi connectivity index (χ0) is 41.5. The zero-order valence-corrected chi connectivity index (χ0v) is 35.4. The average molecular weight is 900 g/mol. The Balaban J connectivity index is 0.000000348. The number of hydrogen-bond acceptors (Lipinski definition) is 11. The molecule has 1 amide bonds. The quantitative estimate of drug-likeness (QED) is 0.145. The van der Waals surface area contributed by atoms with Crippen LogP contribution in [-0.2, 0) is 17.7 Å². The van der Waals surface area contributed by atoms with Gasteiger partial charge in [-0.05, 0) is 86.5 Å². The number of nitrogen functional groups attached to an aromatic ring is 1. The number of aromatic carboxylic acids is 1. The number of esters is 1. The van der Waals surface area contributed by atoms with Crippen molar-refractivity contribution in [1.82, 2.24) is 43.4 Å². The minimum Gasteiger partial charge on any atom is -0.870 e. The van der Waals surface area contributed by atoms with Gasteiger partial charge in [-0.1, -0.05) is 42.2 Å². The molecule has 320 valence electrons. The maximum absolute atomic E-state index is 12.7. The van der Waals surface area contributed by atoms with Crippen molar-refractivity contribution in [3.05, 3.63) is 159 Å². The average Bonchev–Trinajstić information content (AvgIpc) is 3.87. The number of anilines is 1. The summed E-state index contributed by atoms with van der Waals surface area (Å²) in [5.74, 6) is -1.15. The second-order valence-corrected chi connectivity index (χ2v) is 14.1. The zero-order valence-electron chi connectivity index (χ0n) is 33.2. The number of pyridine rings is 2. The van der Waals surface area contributed by atoms with Crippen molar-refractivity contribution in [2.24, 2.45) is 0 Å². The molecular weight excluding hydrogens is 858 g/mol. The van der Waals surface area contributed by atoms with Crippen molar-refractivity contribution >= 4 is 75.0 Å². The third-order valence-corrected chi connectivity index (χ3v) is 9.18. The van der Waals surface area contributed by atoms with E-state index < -0.39 is 11.9 Å². The first-order valence-electron chi connectivity index (χ1n) is 17.5. The van der Waals surface area contributed by atoms with E-state index in [9.17, 15) is 14.4 Å². The minimum atomic E-state index is -1.04. The molecule has 0 unspecified atom stereocenters. The SMILES string of the molecule is C.CCOC(=O)c1cc2cc(Cl)cn2cn1.Cc1cc(N)nc(C)c1CNC(=O)c1ccnc(Cc2cc3cc(Cl)cn3cn2)c1.O.O=C(O)c1cc2cc(Cl)cn2cn1.[Li+].[OH-]. The first-order chi connectivity index (χ1) is 27.8. The molecule has 8 aromatic rings. The molecule has 0 spiro atoms. The van der Waals surface area contributed by atoms with E-state index in [2.05, 4.69) is 30.2 Å². The third kappa shape index (κ3) is 13.2. The number of nitrogens with zero attached hydrogens (tertiary/aromatic N) is 8. The number of carboxylic acid groups (broad SMARTS) is 1. The molecule has 0 aliphatic rings. The van der Waals surface area contributed by atoms with E-state index in [4.69, 9.17) is 50.4 Å². The molecule has 8 heterocycles. The van der Waals surface area contributed by atoms with Crippen molar-refractivity contribution in [2.75, 3.05) is 12.3 Å². The van der Waals surface area contributed by atoms with E-state index in [1.54, 1.807) is 83.2 Å². The number of carbonyl (C=O) groups excluding carboxylic acids is 2. The Hall–Kier alpha value is -6.03. The topological polar surface area (TPSA) is 258 Å². The molecule has 0 bridgehead atoms. The van der Waals surface area contributed by atoms with Gasteiger partial charge in [0, 0.05) is 60.2 Å². The molecule has 7 N–H and O–H groups in total. The maximum atomic E-state index is 12.7. The molecule has 8 rings (SSSR count). The first-order valence-corrected chi connectivity index (χ1v) is 18.6. The monoisotopic (exact) mass is 898 g/mol. The van der Waals surface area contributed by atoms with Gasteiger partial charge in [0.25, 0.3) is 5.91 Å². The Morgan fingerprint density at radius 1 is 0.774 bits per heavy atom. The number of nitrogens with one attached hydrogen (secondary N) is 1. The maximum Gasteiger partial charge on any atom is 1.00 e. The molecular formula is C41H42Cl3LiN10O7. The van der Waals surface area contributed by atoms with Crippen LogP contribution in [0.25, 0.3) is 16.6 Å². The molecule has 0 radical (unpaired) electrons. The van der Waals surface area contributed by atoms with Crippen LogP contribution in [0.4, 0.5) is 5.82 Å². The van der Waals surface area contributed by atoms with Crippen LogP contribution in [0.5, 0.6) is 0 Å². The fourth-order valence-corrected chi connectivity index (χ4v) is 6.49. The van der Waals surface area contributed by atoms with Crippen LogP contribution in [0, 0.1) is 13.8 Å². The molecule has 0 aliphatic heterocycles. The van der Waals surface area contributed by atoms with Crippen molar-refractivity contribution in [1.29, 1.82) is 0 Å². The molecule has 0 saturated heterocycles. The second-order valence-electron chi connectivity index (χ2n) is 12.7. The summed E-state index contributed by atoms with van der Waals surface area (Å²) >= 11 is 17.6. The van der Waals surface area contributed by atoms with Crippen LogP contribution < -0.4 is 29.9 Å². The van der Waals surface area contributed by atoms with Crippen LogP contribution in [0.3, 0.4) is 0 Å². The van der Waals surface area contributed by atoms with Gasteiger partial charge >= 0.3 is 30.8 Å². The summed E-state index contributed by atoms with van der Waals surface area (Å²) < 4.78 is 10.1. The van der Waals surface area contributed by atoms with E-state index in [1.807, 2.05) is 30.4 Å². The molecule has 8 aromatic heterocycles. The number of halogens is 3. The number of ether oxygens (including phenoxy) is 1. The van der Waals surface area contributed by atoms with E-state index in [0.29, 0.717) is 51.7 Å². The van der Waals surface area contributed by atoms with Crippen molar-refractivity contribution in [3.8, 4) is 0 Å². The van der Waals surface area contributed by atoms with Gasteiger partial charge < -0.3 is 45.0 Å². The van der Waals surface area contributed by atoms with E-state index in [1.165, 1.54) is 18.7 Å². The summed E-state index contributed by atoms with van der Waals surface area (Å²) in [7, 11) is 0. The number of amides is 1. The fourth-order valence-electron chi connectivity index (χ4n) is 5.84. The van der Waals surface area contributed by atoms with Crippen LogP contribution in [0.15, 0.2) is 98.4 Å². The van der Waals surface area contributed by atoms with Gasteiger partial charge in [0.05, 0.1) is 44.7 Å². The van der Waals surface area contributed by atoms with Gasteiger partial charge in [0.1, 0.15) is 18.5 Å². The molecule has 17 nitrogen and oxygen atoms in total. The number of aryl methyl sites for hydroxylation is 2. The molecule has 21 heteroatoms. The summed E-state index contributed by atoms with van der Waals surface area (Å²) in [6.45, 7) is 6.32. The largest absolute Gasteiger partial charge is 1.00 e. The Kier molecular flexibility index (Phi) is 19.5. The number of rotatable bonds is 8. The van der Waals surface area contributed by atoms with E-state index >= 15 is 0 Å².